The largest absolute Gasteiger partial charge is 0.443 e. The summed E-state index contributed by atoms with van der Waals surface area (Å²) >= 11 is 0. The Labute approximate surface area is 218 Å². The van der Waals surface area contributed by atoms with Crippen LogP contribution in [0.2, 0.25) is 0 Å². The molecule has 1 aromatic heterocycles. The molecule has 0 unspecified atom stereocenters. The predicted molar refractivity (Wildman–Crippen MR) is 136 cm³/mol. The molecule has 196 valence electrons. The SMILES string of the molecule is CN1CCc2cc(Nc3cc(-c4c(F)cccc4F)nc4c3C(=O)N(C(=O)OC(C)(C)C)C4)ccc2C1=O. The fraction of sp³-hybridized carbons (Fsp3) is 0.286. The molecule has 3 heterocycles. The van der Waals surface area contributed by atoms with Crippen LogP contribution in [0.1, 0.15) is 52.7 Å². The molecular weight excluding hydrogens is 494 g/mol. The normalized spacial score (nSPS) is 14.9. The molecule has 0 fully saturated rings. The molecule has 2 aliphatic rings. The maximum absolute atomic E-state index is 14.7. The van der Waals surface area contributed by atoms with Gasteiger partial charge in [-0.25, -0.2) is 23.5 Å². The summed E-state index contributed by atoms with van der Waals surface area (Å²) in [4.78, 5) is 45.6. The number of carbonyl (C=O) groups excluding carboxylic acids is 3. The van der Waals surface area contributed by atoms with Crippen LogP contribution in [0.4, 0.5) is 25.0 Å². The molecule has 10 heteroatoms. The van der Waals surface area contributed by atoms with E-state index >= 15 is 0 Å². The van der Waals surface area contributed by atoms with E-state index in [2.05, 4.69) is 10.3 Å². The van der Waals surface area contributed by atoms with Crippen LogP contribution in [0.15, 0.2) is 42.5 Å². The highest BCUT2D eigenvalue weighted by Gasteiger charge is 2.39. The van der Waals surface area contributed by atoms with E-state index in [4.69, 9.17) is 4.74 Å². The Hall–Kier alpha value is -4.34. The number of amides is 3. The van der Waals surface area contributed by atoms with E-state index in [1.54, 1.807) is 44.9 Å². The number of hydrogen-bond acceptors (Lipinski definition) is 6. The van der Waals surface area contributed by atoms with Crippen LogP contribution >= 0.6 is 0 Å². The van der Waals surface area contributed by atoms with E-state index in [0.29, 0.717) is 24.2 Å². The Bertz CT molecular complexity index is 1480. The van der Waals surface area contributed by atoms with Gasteiger partial charge in [-0.3, -0.25) is 9.59 Å². The number of hydrogen-bond donors (Lipinski definition) is 1. The van der Waals surface area contributed by atoms with Crippen LogP contribution in [-0.4, -0.2) is 51.9 Å². The fourth-order valence-corrected chi connectivity index (χ4v) is 4.58. The van der Waals surface area contributed by atoms with Crippen molar-refractivity contribution in [1.82, 2.24) is 14.8 Å². The van der Waals surface area contributed by atoms with Crippen LogP contribution < -0.4 is 5.32 Å². The first kappa shape index (κ1) is 25.3. The Kier molecular flexibility index (Phi) is 6.13. The molecule has 0 aliphatic carbocycles. The third-order valence-electron chi connectivity index (χ3n) is 6.37. The van der Waals surface area contributed by atoms with Gasteiger partial charge in [-0.15, -0.1) is 0 Å². The van der Waals surface area contributed by atoms with Gasteiger partial charge in [0.25, 0.3) is 11.8 Å². The quantitative estimate of drug-likeness (QED) is 0.505. The number of imide groups is 1. The zero-order valence-corrected chi connectivity index (χ0v) is 21.4. The Morgan fingerprint density at radius 3 is 2.42 bits per heavy atom. The summed E-state index contributed by atoms with van der Waals surface area (Å²) in [6, 6.07) is 10.1. The third-order valence-corrected chi connectivity index (χ3v) is 6.37. The second-order valence-electron chi connectivity index (χ2n) is 10.3. The minimum Gasteiger partial charge on any atom is -0.443 e. The number of anilines is 2. The average molecular weight is 521 g/mol. The summed E-state index contributed by atoms with van der Waals surface area (Å²) < 4.78 is 34.7. The maximum Gasteiger partial charge on any atom is 0.417 e. The summed E-state index contributed by atoms with van der Waals surface area (Å²) in [5, 5.41) is 3.16. The number of rotatable bonds is 3. The fourth-order valence-electron chi connectivity index (χ4n) is 4.58. The maximum atomic E-state index is 14.7. The van der Waals surface area contributed by atoms with Crippen LogP contribution in [0, 0.1) is 11.6 Å². The van der Waals surface area contributed by atoms with Crippen molar-refractivity contribution in [2.75, 3.05) is 18.9 Å². The third kappa shape index (κ3) is 4.57. The first-order valence-electron chi connectivity index (χ1n) is 12.1. The van der Waals surface area contributed by atoms with Gasteiger partial charge >= 0.3 is 6.09 Å². The predicted octanol–water partition coefficient (Wildman–Crippen LogP) is 5.29. The molecule has 8 nitrogen and oxygen atoms in total. The number of nitrogens with zero attached hydrogens (tertiary/aromatic N) is 3. The lowest BCUT2D eigenvalue weighted by Gasteiger charge is -2.25. The number of ether oxygens (including phenoxy) is 1. The van der Waals surface area contributed by atoms with Gasteiger partial charge in [0.05, 0.1) is 34.7 Å². The van der Waals surface area contributed by atoms with Gasteiger partial charge < -0.3 is 15.0 Å². The number of likely N-dealkylation sites (N-methyl/N-ethyl adjacent to an activating group) is 1. The number of aromatic nitrogens is 1. The summed E-state index contributed by atoms with van der Waals surface area (Å²) in [5.41, 5.74) is 1.29. The van der Waals surface area contributed by atoms with Gasteiger partial charge in [0, 0.05) is 24.8 Å². The van der Waals surface area contributed by atoms with Gasteiger partial charge in [0.15, 0.2) is 0 Å². The summed E-state index contributed by atoms with van der Waals surface area (Å²) in [5.74, 6) is -2.34. The van der Waals surface area contributed by atoms with Crippen LogP contribution in [-0.2, 0) is 17.7 Å². The van der Waals surface area contributed by atoms with Gasteiger partial charge in [-0.05, 0) is 69.2 Å². The van der Waals surface area contributed by atoms with E-state index in [0.717, 1.165) is 22.6 Å². The molecule has 0 saturated carbocycles. The lowest BCUT2D eigenvalue weighted by atomic mass is 9.98. The molecule has 0 radical (unpaired) electrons. The van der Waals surface area contributed by atoms with Crippen molar-refractivity contribution in [2.45, 2.75) is 39.3 Å². The number of carbonyl (C=O) groups is 3. The Balaban J connectivity index is 1.59. The van der Waals surface area contributed by atoms with Crippen LogP contribution in [0.5, 0.6) is 0 Å². The van der Waals surface area contributed by atoms with Crippen molar-refractivity contribution in [1.29, 1.82) is 0 Å². The van der Waals surface area contributed by atoms with Crippen LogP contribution in [0.3, 0.4) is 0 Å². The van der Waals surface area contributed by atoms with Crippen LogP contribution in [0.25, 0.3) is 11.3 Å². The highest BCUT2D eigenvalue weighted by atomic mass is 19.1. The average Bonchev–Trinajstić information content (AvgIpc) is 3.17. The number of fused-ring (bicyclic) bond motifs is 2. The number of halogens is 2. The van der Waals surface area contributed by atoms with E-state index in [1.165, 1.54) is 12.1 Å². The molecule has 3 aromatic rings. The molecule has 2 aliphatic heterocycles. The summed E-state index contributed by atoms with van der Waals surface area (Å²) in [6.07, 6.45) is -0.194. The lowest BCUT2D eigenvalue weighted by molar-refractivity contribution is 0.0247. The molecule has 1 N–H and O–H groups in total. The number of benzene rings is 2. The van der Waals surface area contributed by atoms with Gasteiger partial charge in [-0.2, -0.15) is 0 Å². The minimum absolute atomic E-state index is 0.0320. The smallest absolute Gasteiger partial charge is 0.417 e. The van der Waals surface area contributed by atoms with Crippen molar-refractivity contribution in [3.05, 3.63) is 76.5 Å². The molecule has 2 aromatic carbocycles. The second kappa shape index (κ2) is 9.20. The highest BCUT2D eigenvalue weighted by molar-refractivity contribution is 6.10. The Morgan fingerprint density at radius 1 is 1.03 bits per heavy atom. The molecule has 0 bridgehead atoms. The Morgan fingerprint density at radius 2 is 1.74 bits per heavy atom. The lowest BCUT2D eigenvalue weighted by Crippen LogP contribution is -2.37. The minimum atomic E-state index is -0.846. The zero-order valence-electron chi connectivity index (χ0n) is 21.4. The number of pyridine rings is 1. The van der Waals surface area contributed by atoms with Crippen molar-refractivity contribution in [3.8, 4) is 11.3 Å². The van der Waals surface area contributed by atoms with E-state index < -0.39 is 29.2 Å². The first-order valence-corrected chi connectivity index (χ1v) is 12.1. The zero-order chi connectivity index (χ0) is 27.4. The molecule has 0 spiro atoms. The molecule has 3 amide bonds. The molecular formula is C28H26F2N4O4. The van der Waals surface area contributed by atoms with Crippen molar-refractivity contribution in [3.63, 3.8) is 0 Å². The van der Waals surface area contributed by atoms with Crippen molar-refractivity contribution < 1.29 is 27.9 Å². The first-order chi connectivity index (χ1) is 17.9. The van der Waals surface area contributed by atoms with Crippen molar-refractivity contribution >= 4 is 29.3 Å². The van der Waals surface area contributed by atoms with E-state index in [9.17, 15) is 23.2 Å². The molecule has 0 saturated heterocycles. The van der Waals surface area contributed by atoms with E-state index in [1.807, 2.05) is 6.07 Å². The monoisotopic (exact) mass is 520 g/mol. The van der Waals surface area contributed by atoms with Gasteiger partial charge in [-0.1, -0.05) is 6.07 Å². The van der Waals surface area contributed by atoms with Crippen molar-refractivity contribution in [2.24, 2.45) is 0 Å². The summed E-state index contributed by atoms with van der Waals surface area (Å²) in [6.45, 7) is 5.40. The molecule has 0 atom stereocenters. The highest BCUT2D eigenvalue weighted by Crippen LogP contribution is 2.36. The second-order valence-corrected chi connectivity index (χ2v) is 10.3. The number of nitrogens with one attached hydrogen (secondary N) is 1. The molecule has 5 rings (SSSR count). The standard InChI is InChI=1S/C28H26F2N4O4/c1-28(2,3)38-27(37)34-14-22-24(26(34)36)21(13-20(32-22)23-18(29)6-5-7-19(23)30)31-16-8-9-17-15(12-16)10-11-33(4)25(17)35/h5-9,12-13H,10-11,14H2,1-4H3,(H,31,32). The van der Waals surface area contributed by atoms with E-state index in [-0.39, 0.29) is 40.7 Å². The van der Waals surface area contributed by atoms with Gasteiger partial charge in [0.2, 0.25) is 0 Å². The topological polar surface area (TPSA) is 91.8 Å². The van der Waals surface area contributed by atoms with Gasteiger partial charge in [0.1, 0.15) is 17.2 Å². The molecule has 38 heavy (non-hydrogen) atoms. The summed E-state index contributed by atoms with van der Waals surface area (Å²) in [7, 11) is 1.74.